The zero-order chi connectivity index (χ0) is 19.8. The molecule has 0 saturated carbocycles. The number of thiazole rings is 1. The van der Waals surface area contributed by atoms with Crippen molar-refractivity contribution < 1.29 is 17.7 Å². The van der Waals surface area contributed by atoms with Gasteiger partial charge in [0.25, 0.3) is 10.0 Å². The Labute approximate surface area is 165 Å². The van der Waals surface area contributed by atoms with Crippen molar-refractivity contribution in [3.05, 3.63) is 51.8 Å². The number of carbonyl (C=O) groups excluding carboxylic acids is 1. The van der Waals surface area contributed by atoms with Gasteiger partial charge in [0.1, 0.15) is 10.7 Å². The highest BCUT2D eigenvalue weighted by Gasteiger charge is 2.32. The quantitative estimate of drug-likeness (QED) is 0.621. The van der Waals surface area contributed by atoms with Crippen molar-refractivity contribution in [1.29, 1.82) is 0 Å². The van der Waals surface area contributed by atoms with Crippen molar-refractivity contribution in [2.24, 2.45) is 0 Å². The van der Waals surface area contributed by atoms with Crippen molar-refractivity contribution in [2.75, 3.05) is 7.05 Å². The van der Waals surface area contributed by atoms with Gasteiger partial charge >= 0.3 is 0 Å². The Morgan fingerprint density at radius 3 is 2.63 bits per heavy atom. The number of likely N-dealkylation sites (N-methyl/N-ethyl adjacent to an activating group) is 1. The smallest absolute Gasteiger partial charge is 0.271 e. The summed E-state index contributed by atoms with van der Waals surface area (Å²) in [6.07, 6.45) is -0.153. The van der Waals surface area contributed by atoms with E-state index >= 15 is 0 Å². The van der Waals surface area contributed by atoms with E-state index in [0.717, 1.165) is 5.56 Å². The largest absolute Gasteiger partial charge is 0.360 e. The van der Waals surface area contributed by atoms with Gasteiger partial charge in [-0.05, 0) is 19.9 Å². The van der Waals surface area contributed by atoms with E-state index in [1.165, 1.54) is 32.2 Å². The minimum absolute atomic E-state index is 0.0895. The third kappa shape index (κ3) is 3.76. The molecule has 1 aromatic carbocycles. The Hall–Kier alpha value is -2.23. The number of nitrogens with zero attached hydrogens (tertiary/aromatic N) is 3. The summed E-state index contributed by atoms with van der Waals surface area (Å²) < 4.78 is 31.0. The standard InChI is InChI=1S/C17H16ClN3O4S2/c1-10-16(11(2)25-20-10)27(23,24)21(3)15(22)8-12-9-26-17(19-12)13-6-4-5-7-14(13)18/h4-7,9H,8H2,1-3H3. The molecule has 0 radical (unpaired) electrons. The molecule has 1 amide bonds. The van der Waals surface area contributed by atoms with Gasteiger partial charge in [-0.25, -0.2) is 17.7 Å². The molecule has 0 aliphatic heterocycles. The van der Waals surface area contributed by atoms with Gasteiger partial charge in [-0.1, -0.05) is 35.0 Å². The normalized spacial score (nSPS) is 11.6. The summed E-state index contributed by atoms with van der Waals surface area (Å²) >= 11 is 7.51. The second-order valence-electron chi connectivity index (χ2n) is 5.82. The zero-order valence-electron chi connectivity index (χ0n) is 14.8. The lowest BCUT2D eigenvalue weighted by molar-refractivity contribution is -0.124. The van der Waals surface area contributed by atoms with Crippen LogP contribution in [-0.4, -0.2) is 35.8 Å². The predicted octanol–water partition coefficient (Wildman–Crippen LogP) is 3.46. The average molecular weight is 426 g/mol. The number of benzene rings is 1. The number of amides is 1. The molecular weight excluding hydrogens is 410 g/mol. The van der Waals surface area contributed by atoms with Crippen LogP contribution in [0.2, 0.25) is 5.02 Å². The van der Waals surface area contributed by atoms with Gasteiger partial charge in [-0.3, -0.25) is 4.79 Å². The second-order valence-corrected chi connectivity index (χ2v) is 8.99. The average Bonchev–Trinajstić information content (AvgIpc) is 3.21. The first-order chi connectivity index (χ1) is 12.7. The highest BCUT2D eigenvalue weighted by Crippen LogP contribution is 2.30. The Balaban J connectivity index is 1.81. The number of aromatic nitrogens is 2. The van der Waals surface area contributed by atoms with Crippen LogP contribution in [0.5, 0.6) is 0 Å². The highest BCUT2D eigenvalue weighted by atomic mass is 35.5. The van der Waals surface area contributed by atoms with E-state index in [9.17, 15) is 13.2 Å². The number of sulfonamides is 1. The van der Waals surface area contributed by atoms with Crippen LogP contribution in [0.3, 0.4) is 0 Å². The Bertz CT molecular complexity index is 1090. The monoisotopic (exact) mass is 425 g/mol. The maximum atomic E-state index is 12.7. The molecule has 0 fully saturated rings. The fourth-order valence-electron chi connectivity index (χ4n) is 2.53. The minimum atomic E-state index is -4.05. The van der Waals surface area contributed by atoms with E-state index in [-0.39, 0.29) is 22.8 Å². The van der Waals surface area contributed by atoms with Gasteiger partial charge in [0.05, 0.1) is 17.1 Å². The van der Waals surface area contributed by atoms with Gasteiger partial charge in [0.2, 0.25) is 5.91 Å². The summed E-state index contributed by atoms with van der Waals surface area (Å²) in [6.45, 7) is 3.00. The summed E-state index contributed by atoms with van der Waals surface area (Å²) in [7, 11) is -2.83. The molecule has 2 heterocycles. The molecule has 0 unspecified atom stereocenters. The number of hydrogen-bond acceptors (Lipinski definition) is 7. The van der Waals surface area contributed by atoms with Crippen LogP contribution < -0.4 is 0 Å². The van der Waals surface area contributed by atoms with Crippen molar-refractivity contribution in [1.82, 2.24) is 14.4 Å². The Morgan fingerprint density at radius 1 is 1.30 bits per heavy atom. The summed E-state index contributed by atoms with van der Waals surface area (Å²) in [6, 6.07) is 7.25. The topological polar surface area (TPSA) is 93.4 Å². The van der Waals surface area contributed by atoms with Gasteiger partial charge in [0, 0.05) is 18.0 Å². The number of carbonyl (C=O) groups is 1. The molecule has 0 aliphatic rings. The SMILES string of the molecule is Cc1noc(C)c1S(=O)(=O)N(C)C(=O)Cc1csc(-c2ccccc2Cl)n1. The molecule has 27 heavy (non-hydrogen) atoms. The molecule has 3 aromatic rings. The van der Waals surface area contributed by atoms with E-state index < -0.39 is 15.9 Å². The van der Waals surface area contributed by atoms with E-state index in [4.69, 9.17) is 16.1 Å². The molecule has 0 N–H and O–H groups in total. The first-order valence-corrected chi connectivity index (χ1v) is 10.6. The molecule has 142 valence electrons. The molecule has 7 nitrogen and oxygen atoms in total. The minimum Gasteiger partial charge on any atom is -0.360 e. The van der Waals surface area contributed by atoms with Crippen molar-refractivity contribution in [2.45, 2.75) is 25.2 Å². The third-order valence-corrected chi connectivity index (χ3v) is 7.20. The predicted molar refractivity (Wildman–Crippen MR) is 102 cm³/mol. The summed E-state index contributed by atoms with van der Waals surface area (Å²) in [5.41, 5.74) is 1.45. The van der Waals surface area contributed by atoms with E-state index in [2.05, 4.69) is 10.1 Å². The summed E-state index contributed by atoms with van der Waals surface area (Å²) in [5.74, 6) is -0.465. The van der Waals surface area contributed by atoms with Gasteiger partial charge in [-0.15, -0.1) is 11.3 Å². The van der Waals surface area contributed by atoms with Crippen molar-refractivity contribution in [3.63, 3.8) is 0 Å². The van der Waals surface area contributed by atoms with Crippen LogP contribution in [0.15, 0.2) is 39.1 Å². The van der Waals surface area contributed by atoms with Crippen LogP contribution >= 0.6 is 22.9 Å². The second kappa shape index (κ2) is 7.41. The fraction of sp³-hybridized carbons (Fsp3) is 0.235. The van der Waals surface area contributed by atoms with E-state index in [1.54, 1.807) is 11.4 Å². The van der Waals surface area contributed by atoms with Crippen LogP contribution in [0.4, 0.5) is 0 Å². The number of aryl methyl sites for hydroxylation is 2. The molecule has 10 heteroatoms. The van der Waals surface area contributed by atoms with Crippen LogP contribution in [0.1, 0.15) is 17.1 Å². The molecule has 0 spiro atoms. The molecule has 2 aromatic heterocycles. The zero-order valence-corrected chi connectivity index (χ0v) is 17.2. The molecule has 0 aliphatic carbocycles. The highest BCUT2D eigenvalue weighted by molar-refractivity contribution is 7.89. The van der Waals surface area contributed by atoms with E-state index in [0.29, 0.717) is 20.0 Å². The summed E-state index contributed by atoms with van der Waals surface area (Å²) in [5, 5.41) is 6.58. The van der Waals surface area contributed by atoms with Gasteiger partial charge in [0.15, 0.2) is 10.7 Å². The van der Waals surface area contributed by atoms with Crippen LogP contribution in [0.25, 0.3) is 10.6 Å². The summed E-state index contributed by atoms with van der Waals surface area (Å²) in [4.78, 5) is 16.8. The third-order valence-electron chi connectivity index (χ3n) is 3.93. The van der Waals surface area contributed by atoms with Crippen LogP contribution in [0, 0.1) is 13.8 Å². The molecule has 0 saturated heterocycles. The molecular formula is C17H16ClN3O4S2. The maximum Gasteiger partial charge on any atom is 0.271 e. The molecule has 3 rings (SSSR count). The first-order valence-electron chi connectivity index (χ1n) is 7.85. The lowest BCUT2D eigenvalue weighted by Crippen LogP contribution is -2.34. The first kappa shape index (κ1) is 19.5. The van der Waals surface area contributed by atoms with Gasteiger partial charge in [-0.2, -0.15) is 0 Å². The van der Waals surface area contributed by atoms with Crippen molar-refractivity contribution in [3.8, 4) is 10.6 Å². The van der Waals surface area contributed by atoms with E-state index in [1.807, 2.05) is 18.2 Å². The number of hydrogen-bond donors (Lipinski definition) is 0. The number of rotatable bonds is 5. The Kier molecular flexibility index (Phi) is 5.36. The van der Waals surface area contributed by atoms with Gasteiger partial charge < -0.3 is 4.52 Å². The fourth-order valence-corrected chi connectivity index (χ4v) is 5.08. The Morgan fingerprint density at radius 2 is 2.00 bits per heavy atom. The molecule has 0 bridgehead atoms. The van der Waals surface area contributed by atoms with Crippen molar-refractivity contribution >= 4 is 38.9 Å². The number of halogens is 1. The van der Waals surface area contributed by atoms with Crippen LogP contribution in [-0.2, 0) is 21.2 Å². The lowest BCUT2D eigenvalue weighted by Gasteiger charge is -2.16. The lowest BCUT2D eigenvalue weighted by atomic mass is 10.2. The molecule has 0 atom stereocenters. The maximum absolute atomic E-state index is 12.7.